The van der Waals surface area contributed by atoms with Gasteiger partial charge in [0.25, 0.3) is 11.1 Å². The maximum Gasteiger partial charge on any atom is 0.329 e. The van der Waals surface area contributed by atoms with Crippen LogP contribution in [0.3, 0.4) is 0 Å². The summed E-state index contributed by atoms with van der Waals surface area (Å²) in [5, 5.41) is 0.768. The Balaban J connectivity index is 1.81. The summed E-state index contributed by atoms with van der Waals surface area (Å²) in [5.74, 6) is -0.925. The molecule has 9 nitrogen and oxygen atoms in total. The number of anilines is 1. The predicted molar refractivity (Wildman–Crippen MR) is 138 cm³/mol. The Morgan fingerprint density at radius 3 is 2.60 bits per heavy atom. The second kappa shape index (κ2) is 9.75. The average molecular weight is 492 g/mol. The van der Waals surface area contributed by atoms with Gasteiger partial charge in [0.05, 0.1) is 22.3 Å². The van der Waals surface area contributed by atoms with E-state index in [2.05, 4.69) is 9.97 Å². The Morgan fingerprint density at radius 1 is 1.11 bits per heavy atom. The third-order valence-corrected chi connectivity index (χ3v) is 6.59. The van der Waals surface area contributed by atoms with Crippen LogP contribution in [0.5, 0.6) is 0 Å². The van der Waals surface area contributed by atoms with Crippen molar-refractivity contribution >= 4 is 34.3 Å². The molecule has 0 amide bonds. The Labute approximate surface area is 204 Å². The van der Waals surface area contributed by atoms with Crippen molar-refractivity contribution in [2.24, 2.45) is 0 Å². The molecule has 35 heavy (non-hydrogen) atoms. The first kappa shape index (κ1) is 24.2. The second-order valence-electron chi connectivity index (χ2n) is 8.23. The number of rotatable bonds is 7. The number of aromatic amines is 1. The van der Waals surface area contributed by atoms with Gasteiger partial charge in [0, 0.05) is 6.54 Å². The molecule has 0 radical (unpaired) electrons. The molecular weight excluding hydrogens is 466 g/mol. The number of nitrogen functional groups attached to an aromatic ring is 1. The van der Waals surface area contributed by atoms with Gasteiger partial charge in [0.1, 0.15) is 11.4 Å². The minimum absolute atomic E-state index is 0.162. The number of ketones is 1. The van der Waals surface area contributed by atoms with E-state index in [9.17, 15) is 19.2 Å². The number of carbonyl (C=O) groups is 1. The number of carbonyl (C=O) groups excluding carboxylic acids is 1. The van der Waals surface area contributed by atoms with Crippen molar-refractivity contribution in [2.45, 2.75) is 38.9 Å². The number of H-pyrrole nitrogens is 1. The zero-order chi connectivity index (χ0) is 25.3. The van der Waals surface area contributed by atoms with E-state index in [1.165, 1.54) is 9.13 Å². The van der Waals surface area contributed by atoms with Gasteiger partial charge in [0.15, 0.2) is 10.9 Å². The van der Waals surface area contributed by atoms with Crippen LogP contribution in [0.15, 0.2) is 62.0 Å². The van der Waals surface area contributed by atoms with E-state index < -0.39 is 17.0 Å². The normalized spacial score (nSPS) is 11.2. The van der Waals surface area contributed by atoms with Crippen LogP contribution in [0.25, 0.3) is 16.6 Å². The Bertz CT molecular complexity index is 1630. The topological polar surface area (TPSA) is 133 Å². The van der Waals surface area contributed by atoms with E-state index in [1.807, 2.05) is 39.0 Å². The van der Waals surface area contributed by atoms with Gasteiger partial charge in [-0.1, -0.05) is 43.0 Å². The molecule has 0 bridgehead atoms. The SMILES string of the molecule is CCCn1c(N)c(C(=O)CSc2nc3ccccc3c(=O)n2-c2cc(C)ccc2C)c(=O)[nH]c1=O. The number of hydrogen-bond donors (Lipinski definition) is 2. The van der Waals surface area contributed by atoms with Crippen LogP contribution in [0, 0.1) is 13.8 Å². The van der Waals surface area contributed by atoms with Crippen molar-refractivity contribution in [2.75, 3.05) is 11.5 Å². The first-order valence-corrected chi connectivity index (χ1v) is 12.1. The third kappa shape index (κ3) is 4.57. The van der Waals surface area contributed by atoms with Crippen molar-refractivity contribution in [1.29, 1.82) is 0 Å². The minimum Gasteiger partial charge on any atom is -0.384 e. The fraction of sp³-hybridized carbons (Fsp3) is 0.240. The second-order valence-corrected chi connectivity index (χ2v) is 9.17. The van der Waals surface area contributed by atoms with Crippen molar-refractivity contribution < 1.29 is 4.79 Å². The number of aromatic nitrogens is 4. The summed E-state index contributed by atoms with van der Waals surface area (Å²) in [4.78, 5) is 57.9. The van der Waals surface area contributed by atoms with Gasteiger partial charge in [-0.25, -0.2) is 9.78 Å². The Morgan fingerprint density at radius 2 is 1.86 bits per heavy atom. The molecule has 4 aromatic rings. The zero-order valence-corrected chi connectivity index (χ0v) is 20.4. The number of aryl methyl sites for hydroxylation is 2. The van der Waals surface area contributed by atoms with Gasteiger partial charge in [-0.15, -0.1) is 0 Å². The number of thioether (sulfide) groups is 1. The molecule has 4 rings (SSSR count). The molecule has 0 saturated heterocycles. The molecule has 0 saturated carbocycles. The van der Waals surface area contributed by atoms with E-state index >= 15 is 0 Å². The van der Waals surface area contributed by atoms with Crippen LogP contribution >= 0.6 is 11.8 Å². The number of benzene rings is 2. The smallest absolute Gasteiger partial charge is 0.329 e. The molecule has 2 aromatic heterocycles. The third-order valence-electron chi connectivity index (χ3n) is 5.65. The van der Waals surface area contributed by atoms with Crippen LogP contribution in [-0.2, 0) is 6.54 Å². The highest BCUT2D eigenvalue weighted by atomic mass is 32.2. The van der Waals surface area contributed by atoms with Crippen molar-refractivity contribution in [3.8, 4) is 5.69 Å². The van der Waals surface area contributed by atoms with Crippen LogP contribution in [0.2, 0.25) is 0 Å². The molecule has 0 spiro atoms. The number of para-hydroxylation sites is 1. The highest BCUT2D eigenvalue weighted by Gasteiger charge is 2.21. The molecule has 0 fully saturated rings. The van der Waals surface area contributed by atoms with Crippen molar-refractivity contribution in [3.63, 3.8) is 0 Å². The summed E-state index contributed by atoms with van der Waals surface area (Å²) in [6.07, 6.45) is 0.599. The molecule has 180 valence electrons. The lowest BCUT2D eigenvalue weighted by Gasteiger charge is -2.16. The van der Waals surface area contributed by atoms with Crippen molar-refractivity contribution in [1.82, 2.24) is 19.1 Å². The lowest BCUT2D eigenvalue weighted by atomic mass is 10.1. The number of nitrogens with two attached hydrogens (primary N) is 1. The minimum atomic E-state index is -0.830. The lowest BCUT2D eigenvalue weighted by molar-refractivity contribution is 0.102. The Hall–Kier alpha value is -3.92. The molecular formula is C25H25N5O4S. The first-order chi connectivity index (χ1) is 16.7. The summed E-state index contributed by atoms with van der Waals surface area (Å²) in [6, 6.07) is 12.8. The number of hydrogen-bond acceptors (Lipinski definition) is 7. The van der Waals surface area contributed by atoms with Gasteiger partial charge < -0.3 is 5.73 Å². The number of nitrogens with zero attached hydrogens (tertiary/aromatic N) is 3. The standard InChI is InChI=1S/C25H25N5O4S/c1-4-11-29-21(26)20(22(32)28-24(29)34)19(31)13-35-25-27-17-8-6-5-7-16(17)23(33)30(25)18-12-14(2)9-10-15(18)3/h5-10,12H,4,11,13,26H2,1-3H3,(H,28,32,34). The lowest BCUT2D eigenvalue weighted by Crippen LogP contribution is -2.36. The van der Waals surface area contributed by atoms with E-state index in [4.69, 9.17) is 5.73 Å². The molecule has 0 aliphatic rings. The summed E-state index contributed by atoms with van der Waals surface area (Å²) < 4.78 is 2.67. The summed E-state index contributed by atoms with van der Waals surface area (Å²) in [6.45, 7) is 5.95. The molecule has 0 unspecified atom stereocenters. The fourth-order valence-corrected chi connectivity index (χ4v) is 4.76. The van der Waals surface area contributed by atoms with E-state index in [1.54, 1.807) is 24.3 Å². The summed E-state index contributed by atoms with van der Waals surface area (Å²) >= 11 is 1.04. The maximum absolute atomic E-state index is 13.5. The van der Waals surface area contributed by atoms with Gasteiger partial charge in [0.2, 0.25) is 0 Å². The van der Waals surface area contributed by atoms with Gasteiger partial charge in [-0.3, -0.25) is 28.5 Å². The van der Waals surface area contributed by atoms with Crippen LogP contribution in [0.4, 0.5) is 5.82 Å². The fourth-order valence-electron chi connectivity index (χ4n) is 3.89. The molecule has 0 aliphatic heterocycles. The highest BCUT2D eigenvalue weighted by molar-refractivity contribution is 7.99. The summed E-state index contributed by atoms with van der Waals surface area (Å²) in [5.41, 5.74) is 7.03. The zero-order valence-electron chi connectivity index (χ0n) is 19.6. The maximum atomic E-state index is 13.5. The Kier molecular flexibility index (Phi) is 6.74. The molecule has 3 N–H and O–H groups in total. The monoisotopic (exact) mass is 491 g/mol. The first-order valence-electron chi connectivity index (χ1n) is 11.1. The highest BCUT2D eigenvalue weighted by Crippen LogP contribution is 2.25. The molecule has 10 heteroatoms. The van der Waals surface area contributed by atoms with E-state index in [0.29, 0.717) is 28.2 Å². The number of fused-ring (bicyclic) bond motifs is 1. The molecule has 0 aliphatic carbocycles. The van der Waals surface area contributed by atoms with E-state index in [-0.39, 0.29) is 29.2 Å². The molecule has 0 atom stereocenters. The average Bonchev–Trinajstić information content (AvgIpc) is 2.82. The van der Waals surface area contributed by atoms with Gasteiger partial charge in [-0.05, 0) is 49.6 Å². The number of Topliss-reactive ketones (excluding diaryl/α,β-unsaturated/α-hetero) is 1. The van der Waals surface area contributed by atoms with Crippen LogP contribution < -0.4 is 22.5 Å². The van der Waals surface area contributed by atoms with Gasteiger partial charge >= 0.3 is 5.69 Å². The summed E-state index contributed by atoms with van der Waals surface area (Å²) in [7, 11) is 0. The predicted octanol–water partition coefficient (Wildman–Crippen LogP) is 2.82. The number of nitrogens with one attached hydrogen (secondary N) is 1. The van der Waals surface area contributed by atoms with Crippen LogP contribution in [0.1, 0.15) is 34.8 Å². The van der Waals surface area contributed by atoms with Gasteiger partial charge in [-0.2, -0.15) is 0 Å². The largest absolute Gasteiger partial charge is 0.384 e. The van der Waals surface area contributed by atoms with E-state index in [0.717, 1.165) is 22.9 Å². The van der Waals surface area contributed by atoms with Crippen molar-refractivity contribution in [3.05, 3.63) is 90.3 Å². The van der Waals surface area contributed by atoms with Crippen LogP contribution in [-0.4, -0.2) is 30.6 Å². The quantitative estimate of drug-likeness (QED) is 0.231. The molecule has 2 heterocycles. The molecule has 2 aromatic carbocycles.